The summed E-state index contributed by atoms with van der Waals surface area (Å²) in [7, 11) is 1.69. The van der Waals surface area contributed by atoms with Gasteiger partial charge in [0.15, 0.2) is 0 Å². The van der Waals surface area contributed by atoms with Gasteiger partial charge in [-0.1, -0.05) is 6.07 Å². The Morgan fingerprint density at radius 3 is 2.78 bits per heavy atom. The second kappa shape index (κ2) is 8.64. The molecular formula is C17H21BrClN3O. The van der Waals surface area contributed by atoms with E-state index in [0.717, 1.165) is 36.4 Å². The van der Waals surface area contributed by atoms with Crippen molar-refractivity contribution < 1.29 is 4.74 Å². The Labute approximate surface area is 151 Å². The van der Waals surface area contributed by atoms with Gasteiger partial charge in [0, 0.05) is 44.6 Å². The van der Waals surface area contributed by atoms with Crippen LogP contribution in [0.2, 0.25) is 0 Å². The molecule has 23 heavy (non-hydrogen) atoms. The van der Waals surface area contributed by atoms with Crippen molar-refractivity contribution >= 4 is 28.3 Å². The van der Waals surface area contributed by atoms with Crippen molar-refractivity contribution in [2.45, 2.75) is 12.6 Å². The van der Waals surface area contributed by atoms with E-state index in [9.17, 15) is 0 Å². The van der Waals surface area contributed by atoms with Crippen molar-refractivity contribution in [1.29, 1.82) is 0 Å². The molecule has 1 aliphatic rings. The first-order valence-electron chi connectivity index (χ1n) is 7.45. The van der Waals surface area contributed by atoms with Gasteiger partial charge in [0.2, 0.25) is 0 Å². The molecule has 0 radical (unpaired) electrons. The number of benzene rings is 1. The molecule has 4 nitrogen and oxygen atoms in total. The number of hydrogen-bond donors (Lipinski definition) is 1. The number of nitrogens with one attached hydrogen (secondary N) is 1. The van der Waals surface area contributed by atoms with Gasteiger partial charge < -0.3 is 10.1 Å². The molecule has 1 aromatic heterocycles. The second-order valence-corrected chi connectivity index (χ2v) is 6.29. The van der Waals surface area contributed by atoms with Gasteiger partial charge in [-0.3, -0.25) is 9.88 Å². The van der Waals surface area contributed by atoms with Gasteiger partial charge in [0.05, 0.1) is 11.6 Å². The van der Waals surface area contributed by atoms with Gasteiger partial charge in [0.1, 0.15) is 5.75 Å². The number of halogens is 2. The average Bonchev–Trinajstić information content (AvgIpc) is 2.56. The molecule has 1 N–H and O–H groups in total. The number of hydrogen-bond acceptors (Lipinski definition) is 4. The number of ether oxygens (including phenoxy) is 1. The van der Waals surface area contributed by atoms with Crippen LogP contribution in [0.5, 0.6) is 5.75 Å². The number of rotatable bonds is 4. The number of pyridine rings is 1. The largest absolute Gasteiger partial charge is 0.496 e. The highest BCUT2D eigenvalue weighted by Crippen LogP contribution is 2.28. The highest BCUT2D eigenvalue weighted by atomic mass is 79.9. The Morgan fingerprint density at radius 2 is 2.09 bits per heavy atom. The lowest BCUT2D eigenvalue weighted by Gasteiger charge is -2.36. The zero-order chi connectivity index (χ0) is 15.4. The minimum Gasteiger partial charge on any atom is -0.496 e. The summed E-state index contributed by atoms with van der Waals surface area (Å²) < 4.78 is 6.31. The highest BCUT2D eigenvalue weighted by Gasteiger charge is 2.23. The summed E-state index contributed by atoms with van der Waals surface area (Å²) in [4.78, 5) is 6.63. The molecule has 1 unspecified atom stereocenters. The minimum atomic E-state index is 0. The lowest BCUT2D eigenvalue weighted by atomic mass is 10.0. The first-order chi connectivity index (χ1) is 10.8. The van der Waals surface area contributed by atoms with Crippen LogP contribution in [0.4, 0.5) is 0 Å². The molecule has 3 rings (SSSR count). The van der Waals surface area contributed by atoms with Crippen LogP contribution in [-0.2, 0) is 6.54 Å². The molecule has 6 heteroatoms. The third kappa shape index (κ3) is 4.44. The predicted octanol–water partition coefficient (Wildman–Crippen LogP) is 3.42. The molecule has 0 bridgehead atoms. The molecule has 124 valence electrons. The third-order valence-corrected chi connectivity index (χ3v) is 4.67. The van der Waals surface area contributed by atoms with Crippen molar-refractivity contribution in [2.75, 3.05) is 26.7 Å². The summed E-state index contributed by atoms with van der Waals surface area (Å²) in [5.74, 6) is 0.870. The number of piperazine rings is 1. The quantitative estimate of drug-likeness (QED) is 0.856. The summed E-state index contributed by atoms with van der Waals surface area (Å²) in [6, 6.07) is 10.9. The van der Waals surface area contributed by atoms with Crippen LogP contribution in [0.1, 0.15) is 17.2 Å². The minimum absolute atomic E-state index is 0. The molecule has 2 aromatic rings. The van der Waals surface area contributed by atoms with Crippen molar-refractivity contribution in [3.63, 3.8) is 0 Å². The van der Waals surface area contributed by atoms with Crippen LogP contribution in [0.15, 0.2) is 47.2 Å². The Bertz CT molecular complexity index is 626. The van der Waals surface area contributed by atoms with Crippen molar-refractivity contribution in [3.05, 3.63) is 58.3 Å². The number of aromatic nitrogens is 1. The van der Waals surface area contributed by atoms with Gasteiger partial charge in [-0.15, -0.1) is 12.4 Å². The Balaban J connectivity index is 0.00000192. The maximum atomic E-state index is 5.30. The SMILES string of the molecule is COc1ccc(CN2CCNCC2c2ccncc2)cc1Br.Cl. The fraction of sp³-hybridized carbons (Fsp3) is 0.353. The van der Waals surface area contributed by atoms with E-state index in [1.54, 1.807) is 7.11 Å². The Morgan fingerprint density at radius 1 is 1.30 bits per heavy atom. The molecule has 0 amide bonds. The van der Waals surface area contributed by atoms with E-state index in [2.05, 4.69) is 55.4 Å². The molecule has 0 aliphatic carbocycles. The van der Waals surface area contributed by atoms with Crippen LogP contribution >= 0.6 is 28.3 Å². The summed E-state index contributed by atoms with van der Waals surface area (Å²) in [6.45, 7) is 3.97. The lowest BCUT2D eigenvalue weighted by Crippen LogP contribution is -2.45. The van der Waals surface area contributed by atoms with Crippen LogP contribution in [0.25, 0.3) is 0 Å². The fourth-order valence-corrected chi connectivity index (χ4v) is 3.48. The van der Waals surface area contributed by atoms with Gasteiger partial charge in [0.25, 0.3) is 0 Å². The zero-order valence-corrected chi connectivity index (χ0v) is 15.4. The maximum Gasteiger partial charge on any atom is 0.133 e. The predicted molar refractivity (Wildman–Crippen MR) is 98.2 cm³/mol. The summed E-state index contributed by atoms with van der Waals surface area (Å²) in [5, 5.41) is 3.49. The van der Waals surface area contributed by atoms with E-state index in [-0.39, 0.29) is 12.4 Å². The normalized spacial score (nSPS) is 18.3. The number of methoxy groups -OCH3 is 1. The first kappa shape index (κ1) is 18.2. The molecule has 1 aliphatic heterocycles. The Hall–Kier alpha value is -1.14. The van der Waals surface area contributed by atoms with Crippen molar-refractivity contribution in [1.82, 2.24) is 15.2 Å². The van der Waals surface area contributed by atoms with Crippen molar-refractivity contribution in [2.24, 2.45) is 0 Å². The zero-order valence-electron chi connectivity index (χ0n) is 13.0. The van der Waals surface area contributed by atoms with Crippen LogP contribution in [0.3, 0.4) is 0 Å². The molecule has 1 aromatic carbocycles. The van der Waals surface area contributed by atoms with Gasteiger partial charge in [-0.25, -0.2) is 0 Å². The van der Waals surface area contributed by atoms with Crippen molar-refractivity contribution in [3.8, 4) is 5.75 Å². The highest BCUT2D eigenvalue weighted by molar-refractivity contribution is 9.10. The lowest BCUT2D eigenvalue weighted by molar-refractivity contribution is 0.153. The van der Waals surface area contributed by atoms with E-state index in [4.69, 9.17) is 4.74 Å². The molecule has 1 fully saturated rings. The average molecular weight is 399 g/mol. The van der Waals surface area contributed by atoms with E-state index < -0.39 is 0 Å². The molecule has 0 spiro atoms. The molecule has 1 atom stereocenters. The molecule has 0 saturated carbocycles. The summed E-state index contributed by atoms with van der Waals surface area (Å²) in [6.07, 6.45) is 3.73. The fourth-order valence-electron chi connectivity index (χ4n) is 2.89. The summed E-state index contributed by atoms with van der Waals surface area (Å²) in [5.41, 5.74) is 2.60. The van der Waals surface area contributed by atoms with Gasteiger partial charge in [-0.2, -0.15) is 0 Å². The maximum absolute atomic E-state index is 5.30. The molecule has 2 heterocycles. The monoisotopic (exact) mass is 397 g/mol. The Kier molecular flexibility index (Phi) is 6.84. The van der Waals surface area contributed by atoms with Crippen LogP contribution in [0, 0.1) is 0 Å². The summed E-state index contributed by atoms with van der Waals surface area (Å²) >= 11 is 3.57. The van der Waals surface area contributed by atoms with Gasteiger partial charge >= 0.3 is 0 Å². The molecular weight excluding hydrogens is 378 g/mol. The topological polar surface area (TPSA) is 37.4 Å². The van der Waals surface area contributed by atoms with Crippen LogP contribution < -0.4 is 10.1 Å². The van der Waals surface area contributed by atoms with E-state index >= 15 is 0 Å². The standard InChI is InChI=1S/C17H20BrN3O.ClH/c1-22-17-3-2-13(10-15(17)18)12-21-9-8-20-11-16(21)14-4-6-19-7-5-14;/h2-7,10,16,20H,8-9,11-12H2,1H3;1H. The van der Waals surface area contributed by atoms with E-state index in [0.29, 0.717) is 6.04 Å². The van der Waals surface area contributed by atoms with Crippen LogP contribution in [-0.4, -0.2) is 36.6 Å². The second-order valence-electron chi connectivity index (χ2n) is 5.44. The van der Waals surface area contributed by atoms with E-state index in [1.165, 1.54) is 11.1 Å². The first-order valence-corrected chi connectivity index (χ1v) is 8.24. The number of nitrogens with zero attached hydrogens (tertiary/aromatic N) is 2. The van der Waals surface area contributed by atoms with E-state index in [1.807, 2.05) is 18.5 Å². The van der Waals surface area contributed by atoms with Gasteiger partial charge in [-0.05, 0) is 51.3 Å². The third-order valence-electron chi connectivity index (χ3n) is 4.05. The smallest absolute Gasteiger partial charge is 0.133 e. The molecule has 1 saturated heterocycles.